The van der Waals surface area contributed by atoms with Gasteiger partial charge in [-0.3, -0.25) is 0 Å². The second kappa shape index (κ2) is 2.74. The molecular formula is C8H11ClN2O2S. The number of nitrogens with zero attached hydrogens (tertiary/aromatic N) is 1. The first-order chi connectivity index (χ1) is 6.33. The second-order valence-electron chi connectivity index (χ2n) is 3.77. The Morgan fingerprint density at radius 3 is 2.50 bits per heavy atom. The average Bonchev–Trinajstić information content (AvgIpc) is 2.61. The van der Waals surface area contributed by atoms with E-state index in [4.69, 9.17) is 17.3 Å². The topological polar surface area (TPSA) is 65.1 Å². The highest BCUT2D eigenvalue weighted by Crippen LogP contribution is 2.43. The molecule has 2 N–H and O–H groups in total. The third kappa shape index (κ3) is 1.55. The largest absolute Gasteiger partial charge is 0.321 e. The molecule has 0 bridgehead atoms. The predicted molar refractivity (Wildman–Crippen MR) is 54.8 cm³/mol. The Labute approximate surface area is 87.7 Å². The van der Waals surface area contributed by atoms with Gasteiger partial charge in [0.15, 0.2) is 0 Å². The fourth-order valence-corrected chi connectivity index (χ4v) is 2.58. The maximum absolute atomic E-state index is 11.3. The third-order valence-corrected chi connectivity index (χ3v) is 3.87. The predicted octanol–water partition coefficient (Wildman–Crippen LogP) is 0.897. The molecule has 4 nitrogen and oxygen atoms in total. The van der Waals surface area contributed by atoms with Crippen molar-refractivity contribution in [1.82, 2.24) is 3.97 Å². The molecule has 1 aromatic heterocycles. The van der Waals surface area contributed by atoms with Crippen LogP contribution in [0.15, 0.2) is 12.3 Å². The maximum atomic E-state index is 11.3. The molecule has 6 heteroatoms. The monoisotopic (exact) mass is 234 g/mol. The minimum Gasteiger partial charge on any atom is -0.321 e. The highest BCUT2D eigenvalue weighted by atomic mass is 35.5. The molecule has 0 unspecified atom stereocenters. The maximum Gasteiger partial charge on any atom is 0.236 e. The van der Waals surface area contributed by atoms with E-state index in [2.05, 4.69) is 0 Å². The summed E-state index contributed by atoms with van der Waals surface area (Å²) < 4.78 is 23.6. The SMILES string of the molecule is CS(=O)(=O)n1cc(C2(N)CC2)cc1Cl. The lowest BCUT2D eigenvalue weighted by molar-refractivity contribution is 0.593. The van der Waals surface area contributed by atoms with Crippen molar-refractivity contribution in [1.29, 1.82) is 0 Å². The van der Waals surface area contributed by atoms with Crippen molar-refractivity contribution in [3.05, 3.63) is 23.0 Å². The van der Waals surface area contributed by atoms with Gasteiger partial charge in [0, 0.05) is 11.7 Å². The minimum atomic E-state index is -3.32. The third-order valence-electron chi connectivity index (χ3n) is 2.46. The Balaban J connectivity index is 2.50. The molecule has 0 aromatic carbocycles. The van der Waals surface area contributed by atoms with Gasteiger partial charge in [-0.15, -0.1) is 0 Å². The second-order valence-corrected chi connectivity index (χ2v) is 6.01. The fraction of sp³-hybridized carbons (Fsp3) is 0.500. The van der Waals surface area contributed by atoms with Gasteiger partial charge in [-0.05, 0) is 24.5 Å². The van der Waals surface area contributed by atoms with Crippen molar-refractivity contribution in [2.24, 2.45) is 5.73 Å². The minimum absolute atomic E-state index is 0.194. The highest BCUT2D eigenvalue weighted by Gasteiger charge is 2.41. The first-order valence-electron chi connectivity index (χ1n) is 4.21. The number of hydrogen-bond donors (Lipinski definition) is 1. The van der Waals surface area contributed by atoms with Crippen LogP contribution in [0.2, 0.25) is 5.15 Å². The van der Waals surface area contributed by atoms with Gasteiger partial charge >= 0.3 is 0 Å². The first kappa shape index (κ1) is 10.0. The molecule has 0 amide bonds. The number of nitrogens with two attached hydrogens (primary N) is 1. The average molecular weight is 235 g/mol. The summed E-state index contributed by atoms with van der Waals surface area (Å²) in [5.74, 6) is 0. The lowest BCUT2D eigenvalue weighted by atomic mass is 10.1. The molecule has 0 atom stereocenters. The summed E-state index contributed by atoms with van der Waals surface area (Å²) in [4.78, 5) is 0. The standard InChI is InChI=1S/C8H11ClN2O2S/c1-14(12,13)11-5-6(4-7(11)9)8(10)2-3-8/h4-5H,2-3,10H2,1H3. The van der Waals surface area contributed by atoms with E-state index < -0.39 is 10.0 Å². The molecule has 14 heavy (non-hydrogen) atoms. The highest BCUT2D eigenvalue weighted by molar-refractivity contribution is 7.89. The van der Waals surface area contributed by atoms with Crippen LogP contribution in [0.25, 0.3) is 0 Å². The summed E-state index contributed by atoms with van der Waals surface area (Å²) >= 11 is 5.79. The Morgan fingerprint density at radius 1 is 1.57 bits per heavy atom. The van der Waals surface area contributed by atoms with Gasteiger partial charge < -0.3 is 5.73 Å². The number of halogens is 1. The van der Waals surface area contributed by atoms with Crippen LogP contribution in [0, 0.1) is 0 Å². The van der Waals surface area contributed by atoms with E-state index >= 15 is 0 Å². The van der Waals surface area contributed by atoms with Crippen LogP contribution in [0.3, 0.4) is 0 Å². The van der Waals surface area contributed by atoms with Crippen LogP contribution in [0.5, 0.6) is 0 Å². The van der Waals surface area contributed by atoms with Crippen LogP contribution >= 0.6 is 11.6 Å². The van der Waals surface area contributed by atoms with Gasteiger partial charge in [0.2, 0.25) is 10.0 Å². The van der Waals surface area contributed by atoms with Gasteiger partial charge in [-0.2, -0.15) is 0 Å². The molecule has 1 fully saturated rings. The van der Waals surface area contributed by atoms with Crippen molar-refractivity contribution in [2.45, 2.75) is 18.4 Å². The van der Waals surface area contributed by atoms with Crippen molar-refractivity contribution >= 4 is 21.6 Å². The molecule has 1 aliphatic rings. The molecule has 2 rings (SSSR count). The van der Waals surface area contributed by atoms with Gasteiger partial charge in [0.25, 0.3) is 0 Å². The van der Waals surface area contributed by atoms with Crippen LogP contribution in [0.4, 0.5) is 0 Å². The smallest absolute Gasteiger partial charge is 0.236 e. The van der Waals surface area contributed by atoms with Gasteiger partial charge in [-0.1, -0.05) is 11.6 Å². The summed E-state index contributed by atoms with van der Waals surface area (Å²) in [6, 6.07) is 1.62. The van der Waals surface area contributed by atoms with Gasteiger partial charge in [0.05, 0.1) is 6.26 Å². The number of aromatic nitrogens is 1. The molecule has 0 radical (unpaired) electrons. The Hall–Kier alpha value is -0.520. The molecule has 1 aliphatic carbocycles. The Kier molecular flexibility index (Phi) is 1.96. The first-order valence-corrected chi connectivity index (χ1v) is 6.43. The van der Waals surface area contributed by atoms with E-state index in [-0.39, 0.29) is 10.7 Å². The van der Waals surface area contributed by atoms with Crippen LogP contribution in [-0.4, -0.2) is 18.6 Å². The lowest BCUT2D eigenvalue weighted by Gasteiger charge is -2.03. The van der Waals surface area contributed by atoms with E-state index in [0.717, 1.165) is 28.6 Å². The van der Waals surface area contributed by atoms with Crippen LogP contribution in [-0.2, 0) is 15.6 Å². The molecule has 0 saturated heterocycles. The normalized spacial score (nSPS) is 19.6. The number of rotatable bonds is 2. The molecule has 1 saturated carbocycles. The molecular weight excluding hydrogens is 224 g/mol. The molecule has 1 aromatic rings. The zero-order chi connectivity index (χ0) is 10.6. The molecule has 78 valence electrons. The van der Waals surface area contributed by atoms with Gasteiger partial charge in [0.1, 0.15) is 5.15 Å². The van der Waals surface area contributed by atoms with Crippen molar-refractivity contribution < 1.29 is 8.42 Å². The Morgan fingerprint density at radius 2 is 2.14 bits per heavy atom. The van der Waals surface area contributed by atoms with E-state index in [1.807, 2.05) is 0 Å². The van der Waals surface area contributed by atoms with Crippen LogP contribution < -0.4 is 5.73 Å². The summed E-state index contributed by atoms with van der Waals surface area (Å²) in [6.45, 7) is 0. The lowest BCUT2D eigenvalue weighted by Crippen LogP contribution is -2.18. The van der Waals surface area contributed by atoms with Crippen molar-refractivity contribution in [3.8, 4) is 0 Å². The van der Waals surface area contributed by atoms with E-state index in [0.29, 0.717) is 0 Å². The molecule has 1 heterocycles. The molecule has 0 spiro atoms. The van der Waals surface area contributed by atoms with E-state index in [1.165, 1.54) is 6.20 Å². The van der Waals surface area contributed by atoms with Crippen molar-refractivity contribution in [2.75, 3.05) is 6.26 Å². The zero-order valence-electron chi connectivity index (χ0n) is 7.70. The van der Waals surface area contributed by atoms with Gasteiger partial charge in [-0.25, -0.2) is 12.4 Å². The van der Waals surface area contributed by atoms with Crippen molar-refractivity contribution in [3.63, 3.8) is 0 Å². The van der Waals surface area contributed by atoms with E-state index in [1.54, 1.807) is 6.07 Å². The fourth-order valence-electron chi connectivity index (χ4n) is 1.37. The summed E-state index contributed by atoms with van der Waals surface area (Å²) in [5, 5.41) is 0.194. The summed E-state index contributed by atoms with van der Waals surface area (Å²) in [5.41, 5.74) is 6.38. The summed E-state index contributed by atoms with van der Waals surface area (Å²) in [7, 11) is -3.32. The van der Waals surface area contributed by atoms with Crippen LogP contribution in [0.1, 0.15) is 18.4 Å². The van der Waals surface area contributed by atoms with E-state index in [9.17, 15) is 8.42 Å². The quantitative estimate of drug-likeness (QED) is 0.827. The molecule has 0 aliphatic heterocycles. The number of hydrogen-bond acceptors (Lipinski definition) is 3. The summed E-state index contributed by atoms with van der Waals surface area (Å²) in [6.07, 6.45) is 4.39. The Bertz CT molecular complexity index is 474. The zero-order valence-corrected chi connectivity index (χ0v) is 9.27.